The highest BCUT2D eigenvalue weighted by Crippen LogP contribution is 2.45. The lowest BCUT2D eigenvalue weighted by Gasteiger charge is -2.36. The Labute approximate surface area is 297 Å². The Morgan fingerprint density at radius 2 is 1.52 bits per heavy atom. The first-order valence-corrected chi connectivity index (χ1v) is 17.9. The van der Waals surface area contributed by atoms with Gasteiger partial charge in [0.15, 0.2) is 5.03 Å². The highest BCUT2D eigenvalue weighted by Gasteiger charge is 2.52. The van der Waals surface area contributed by atoms with E-state index in [1.165, 1.54) is 37.3 Å². The van der Waals surface area contributed by atoms with Crippen LogP contribution in [0.5, 0.6) is 0 Å². The highest BCUT2D eigenvalue weighted by molar-refractivity contribution is 7.89. The molecule has 1 N–H and O–H groups in total. The summed E-state index contributed by atoms with van der Waals surface area (Å²) in [4.78, 5) is 66.7. The number of amides is 4. The van der Waals surface area contributed by atoms with E-state index in [0.29, 0.717) is 5.69 Å². The van der Waals surface area contributed by atoms with E-state index in [-0.39, 0.29) is 72.4 Å². The molecule has 0 radical (unpaired) electrons. The molecule has 2 aromatic carbocycles. The molecule has 14 nitrogen and oxygen atoms in total. The minimum atomic E-state index is -4.25. The van der Waals surface area contributed by atoms with Gasteiger partial charge in [-0.05, 0) is 36.2 Å². The Kier molecular flexibility index (Phi) is 8.70. The molecule has 0 aliphatic carbocycles. The maximum Gasteiger partial charge on any atom is 0.260 e. The zero-order valence-electron chi connectivity index (χ0n) is 26.6. The minimum absolute atomic E-state index is 0.0373. The number of nitrogens with zero attached hydrogens (tertiary/aromatic N) is 7. The number of hydrogen-bond donors (Lipinski definition) is 1. The summed E-state index contributed by atoms with van der Waals surface area (Å²) in [5.41, 5.74) is 1.32. The lowest BCUT2D eigenvalue weighted by Crippen LogP contribution is -2.54. The average Bonchev–Trinajstić information content (AvgIpc) is 3.62. The number of benzene rings is 2. The van der Waals surface area contributed by atoms with Gasteiger partial charge >= 0.3 is 0 Å². The molecule has 5 heterocycles. The number of carbonyl (C=O) groups is 4. The van der Waals surface area contributed by atoms with Crippen LogP contribution in [0, 0.1) is 5.92 Å². The number of piperidine rings is 1. The Morgan fingerprint density at radius 3 is 2.14 bits per heavy atom. The van der Waals surface area contributed by atoms with Crippen molar-refractivity contribution >= 4 is 68.5 Å². The Bertz CT molecular complexity index is 2100. The topological polar surface area (TPSA) is 168 Å². The molecule has 0 saturated carbocycles. The smallest absolute Gasteiger partial charge is 0.260 e. The van der Waals surface area contributed by atoms with Crippen molar-refractivity contribution in [2.24, 2.45) is 5.92 Å². The average molecular weight is 738 g/mol. The summed E-state index contributed by atoms with van der Waals surface area (Å²) < 4.78 is 31.4. The second-order valence-electron chi connectivity index (χ2n) is 12.6. The largest absolute Gasteiger partial charge is 0.340 e. The Morgan fingerprint density at radius 1 is 0.900 bits per heavy atom. The van der Waals surface area contributed by atoms with Crippen LogP contribution in [0.4, 0.5) is 11.6 Å². The van der Waals surface area contributed by atoms with Crippen molar-refractivity contribution in [3.63, 3.8) is 0 Å². The monoisotopic (exact) mass is 736 g/mol. The fraction of sp³-hybridized carbons (Fsp3) is 0.303. The van der Waals surface area contributed by atoms with Gasteiger partial charge in [-0.15, -0.1) is 0 Å². The molecule has 3 aliphatic rings. The lowest BCUT2D eigenvalue weighted by molar-refractivity contribution is -0.146. The molecule has 2 saturated heterocycles. The fourth-order valence-corrected chi connectivity index (χ4v) is 8.89. The van der Waals surface area contributed by atoms with Crippen LogP contribution in [0.15, 0.2) is 72.4 Å². The van der Waals surface area contributed by atoms with E-state index in [2.05, 4.69) is 20.3 Å². The summed E-state index contributed by atoms with van der Waals surface area (Å²) >= 11 is 12.6. The molecule has 0 spiro atoms. The van der Waals surface area contributed by atoms with Crippen LogP contribution >= 0.6 is 23.2 Å². The van der Waals surface area contributed by atoms with E-state index in [1.807, 2.05) is 24.3 Å². The summed E-state index contributed by atoms with van der Waals surface area (Å²) in [6.07, 6.45) is 5.97. The normalized spacial score (nSPS) is 20.3. The van der Waals surface area contributed by atoms with Gasteiger partial charge in [-0.1, -0.05) is 47.5 Å². The number of carbonyl (C=O) groups excluding carboxylic acids is 4. The van der Waals surface area contributed by atoms with E-state index in [0.717, 1.165) is 16.7 Å². The zero-order chi connectivity index (χ0) is 35.4. The third-order valence-corrected chi connectivity index (χ3v) is 11.5. The van der Waals surface area contributed by atoms with Crippen molar-refractivity contribution in [3.05, 3.63) is 83.0 Å². The number of imide groups is 1. The number of halogens is 2. The zero-order valence-corrected chi connectivity index (χ0v) is 29.0. The summed E-state index contributed by atoms with van der Waals surface area (Å²) in [6, 6.07) is 12.1. The molecule has 2 aromatic heterocycles. The van der Waals surface area contributed by atoms with E-state index in [4.69, 9.17) is 23.2 Å². The molecule has 258 valence electrons. The second-order valence-corrected chi connectivity index (χ2v) is 15.3. The second kappa shape index (κ2) is 12.9. The first-order valence-electron chi connectivity index (χ1n) is 15.7. The molecule has 1 atom stereocenters. The third-order valence-electron chi connectivity index (χ3n) is 9.22. The Balaban J connectivity index is 1.21. The Hall–Kier alpha value is -4.70. The molecular weight excluding hydrogens is 707 g/mol. The van der Waals surface area contributed by atoms with Crippen molar-refractivity contribution in [2.75, 3.05) is 31.1 Å². The number of rotatable bonds is 7. The van der Waals surface area contributed by atoms with Gasteiger partial charge in [-0.3, -0.25) is 29.1 Å². The van der Waals surface area contributed by atoms with E-state index in [1.54, 1.807) is 31.5 Å². The highest BCUT2D eigenvalue weighted by atomic mass is 35.5. The van der Waals surface area contributed by atoms with Crippen LogP contribution in [0.3, 0.4) is 0 Å². The predicted octanol–water partition coefficient (Wildman–Crippen LogP) is 3.17. The van der Waals surface area contributed by atoms with Gasteiger partial charge in [-0.2, -0.15) is 4.31 Å². The van der Waals surface area contributed by atoms with Crippen molar-refractivity contribution in [2.45, 2.75) is 36.8 Å². The van der Waals surface area contributed by atoms with Crippen LogP contribution in [-0.2, 0) is 41.2 Å². The summed E-state index contributed by atoms with van der Waals surface area (Å²) in [7, 11) is -4.25. The maximum absolute atomic E-state index is 14.5. The molecule has 3 aliphatic heterocycles. The van der Waals surface area contributed by atoms with Gasteiger partial charge < -0.3 is 4.90 Å². The molecule has 1 unspecified atom stereocenters. The van der Waals surface area contributed by atoms with Gasteiger partial charge in [-0.25, -0.2) is 28.3 Å². The van der Waals surface area contributed by atoms with Gasteiger partial charge in [0.05, 0.1) is 17.8 Å². The number of sulfonamides is 1. The molecule has 4 amide bonds. The summed E-state index contributed by atoms with van der Waals surface area (Å²) in [5, 5.41) is 2.57. The first kappa shape index (κ1) is 33.8. The van der Waals surface area contributed by atoms with Crippen molar-refractivity contribution in [1.82, 2.24) is 34.0 Å². The molecule has 7 rings (SSSR count). The first-order chi connectivity index (χ1) is 23.8. The summed E-state index contributed by atoms with van der Waals surface area (Å²) in [6.45, 7) is 1.72. The van der Waals surface area contributed by atoms with Gasteiger partial charge in [0.2, 0.25) is 23.7 Å². The molecule has 17 heteroatoms. The van der Waals surface area contributed by atoms with Crippen molar-refractivity contribution < 1.29 is 27.6 Å². The molecule has 0 bridgehead atoms. The number of anilines is 2. The standard InChI is InChI=1S/C33H30Cl2N8O6S/c1-33(15-20-2-4-21(5-3-20)23-16-36-19-37-17-23)31(47)42(26-13-24(34)12-25(35)14-26)32-38-18-29(43(32)33)50(48,49)41-8-6-40(7-9-41)30(46)22-10-27(44)39-28(45)11-22/h2-5,12-14,16-19,22H,6-11,15H2,1H3,(H,39,44,45). The van der Waals surface area contributed by atoms with E-state index < -0.39 is 39.2 Å². The van der Waals surface area contributed by atoms with E-state index >= 15 is 0 Å². The van der Waals surface area contributed by atoms with Gasteiger partial charge in [0.25, 0.3) is 15.9 Å². The molecule has 2 fully saturated rings. The number of nitrogens with one attached hydrogen (secondary N) is 1. The number of imidazole rings is 1. The lowest BCUT2D eigenvalue weighted by atomic mass is 9.91. The number of hydrogen-bond acceptors (Lipinski definition) is 9. The third kappa shape index (κ3) is 6.04. The predicted molar refractivity (Wildman–Crippen MR) is 182 cm³/mol. The molecular formula is C33H30Cl2N8O6S. The quantitative estimate of drug-likeness (QED) is 0.280. The van der Waals surface area contributed by atoms with E-state index in [9.17, 15) is 27.6 Å². The van der Waals surface area contributed by atoms with Crippen LogP contribution in [0.2, 0.25) is 10.0 Å². The van der Waals surface area contributed by atoms with Crippen LogP contribution < -0.4 is 10.2 Å². The molecule has 50 heavy (non-hydrogen) atoms. The number of aromatic nitrogens is 4. The maximum atomic E-state index is 14.5. The van der Waals surface area contributed by atoms with Crippen LogP contribution in [0.25, 0.3) is 11.1 Å². The fourth-order valence-electron chi connectivity index (χ4n) is 6.77. The SMILES string of the molecule is CC1(Cc2ccc(-c3cncnc3)cc2)C(=O)N(c2cc(Cl)cc(Cl)c2)c2ncc(S(=O)(=O)N3CCN(C(=O)C4CC(=O)NC(=O)C4)CC3)n21. The van der Waals surface area contributed by atoms with Crippen LogP contribution in [0.1, 0.15) is 25.3 Å². The van der Waals surface area contributed by atoms with Crippen molar-refractivity contribution in [1.29, 1.82) is 0 Å². The van der Waals surface area contributed by atoms with Gasteiger partial charge in [0, 0.05) is 73.4 Å². The number of fused-ring (bicyclic) bond motifs is 1. The van der Waals surface area contributed by atoms with Crippen LogP contribution in [-0.4, -0.2) is 86.9 Å². The minimum Gasteiger partial charge on any atom is -0.340 e. The van der Waals surface area contributed by atoms with Gasteiger partial charge in [0.1, 0.15) is 11.9 Å². The molecule has 4 aromatic rings. The van der Waals surface area contributed by atoms with Crippen molar-refractivity contribution in [3.8, 4) is 11.1 Å². The number of piperazine rings is 1. The summed E-state index contributed by atoms with van der Waals surface area (Å²) in [5.74, 6) is -2.52.